The van der Waals surface area contributed by atoms with E-state index in [0.29, 0.717) is 6.61 Å². The molecule has 0 bridgehead atoms. The highest BCUT2D eigenvalue weighted by molar-refractivity contribution is 5.57. The quantitative estimate of drug-likeness (QED) is 0.792. The highest BCUT2D eigenvalue weighted by atomic mass is 16.5. The fraction of sp³-hybridized carbons (Fsp3) is 0.440. The molecule has 0 saturated carbocycles. The molecule has 2 aromatic carbocycles. The number of nitrogens with zero attached hydrogens (tertiary/aromatic N) is 2. The molecule has 0 spiro atoms. The van der Waals surface area contributed by atoms with Crippen LogP contribution in [0, 0.1) is 0 Å². The summed E-state index contributed by atoms with van der Waals surface area (Å²) < 4.78 is 11.4. The van der Waals surface area contributed by atoms with Crippen LogP contribution < -0.4 is 9.47 Å². The molecule has 5 nitrogen and oxygen atoms in total. The van der Waals surface area contributed by atoms with E-state index in [1.54, 1.807) is 7.11 Å². The van der Waals surface area contributed by atoms with Gasteiger partial charge in [-0.2, -0.15) is 0 Å². The summed E-state index contributed by atoms with van der Waals surface area (Å²) in [7, 11) is 1.71. The Kier molecular flexibility index (Phi) is 7.05. The zero-order valence-electron chi connectivity index (χ0n) is 17.8. The Bertz CT molecular complexity index is 859. The first-order valence-corrected chi connectivity index (χ1v) is 10.9. The van der Waals surface area contributed by atoms with Gasteiger partial charge in [0.15, 0.2) is 0 Å². The van der Waals surface area contributed by atoms with Crippen molar-refractivity contribution in [2.45, 2.75) is 32.0 Å². The molecular formula is C25H32N2O3. The molecule has 1 fully saturated rings. The first-order chi connectivity index (χ1) is 14.7. The van der Waals surface area contributed by atoms with Gasteiger partial charge in [-0.1, -0.05) is 36.4 Å². The van der Waals surface area contributed by atoms with E-state index in [4.69, 9.17) is 9.47 Å². The standard InChI is InChI=1S/C25H32N2O3/c1-29-24-7-3-2-5-21(24)6-4-12-26-15-16-30-25-9-8-20(17-22(25)19-26)18-27-13-10-23(28)11-14-27/h2-9,17,23,28H,10-16,18-19H2,1H3. The van der Waals surface area contributed by atoms with Crippen molar-refractivity contribution in [1.82, 2.24) is 9.80 Å². The highest BCUT2D eigenvalue weighted by Crippen LogP contribution is 2.26. The SMILES string of the molecule is COc1ccccc1C=CCN1CCOc2ccc(CN3CCC(O)CC3)cc2C1. The van der Waals surface area contributed by atoms with Gasteiger partial charge in [-0.3, -0.25) is 9.80 Å². The Hall–Kier alpha value is -2.34. The van der Waals surface area contributed by atoms with Gasteiger partial charge in [0.2, 0.25) is 0 Å². The number of piperidine rings is 1. The maximum absolute atomic E-state index is 9.72. The number of ether oxygens (including phenoxy) is 2. The molecule has 5 heteroatoms. The minimum atomic E-state index is -0.126. The molecule has 0 aliphatic carbocycles. The number of hydrogen-bond acceptors (Lipinski definition) is 5. The van der Waals surface area contributed by atoms with Crippen molar-refractivity contribution in [3.63, 3.8) is 0 Å². The average molecular weight is 409 g/mol. The minimum Gasteiger partial charge on any atom is -0.496 e. The molecular weight excluding hydrogens is 376 g/mol. The van der Waals surface area contributed by atoms with Gasteiger partial charge >= 0.3 is 0 Å². The van der Waals surface area contributed by atoms with E-state index in [2.05, 4.69) is 46.2 Å². The molecule has 0 radical (unpaired) electrons. The molecule has 2 aliphatic rings. The number of likely N-dealkylation sites (tertiary alicyclic amines) is 1. The van der Waals surface area contributed by atoms with Crippen molar-refractivity contribution >= 4 is 6.08 Å². The van der Waals surface area contributed by atoms with Crippen molar-refractivity contribution < 1.29 is 14.6 Å². The van der Waals surface area contributed by atoms with Gasteiger partial charge in [0.25, 0.3) is 0 Å². The molecule has 2 aliphatic heterocycles. The summed E-state index contributed by atoms with van der Waals surface area (Å²) in [5.74, 6) is 1.90. The van der Waals surface area contributed by atoms with Crippen molar-refractivity contribution in [3.05, 3.63) is 65.2 Å². The van der Waals surface area contributed by atoms with E-state index < -0.39 is 0 Å². The van der Waals surface area contributed by atoms with E-state index in [1.165, 1.54) is 11.1 Å². The summed E-state index contributed by atoms with van der Waals surface area (Å²) >= 11 is 0. The van der Waals surface area contributed by atoms with Crippen LogP contribution >= 0.6 is 0 Å². The maximum atomic E-state index is 9.72. The van der Waals surface area contributed by atoms with Crippen LogP contribution in [0.2, 0.25) is 0 Å². The third kappa shape index (κ3) is 5.42. The highest BCUT2D eigenvalue weighted by Gasteiger charge is 2.19. The molecule has 1 N–H and O–H groups in total. The number of aliphatic hydroxyl groups excluding tert-OH is 1. The monoisotopic (exact) mass is 408 g/mol. The summed E-state index contributed by atoms with van der Waals surface area (Å²) in [6.45, 7) is 6.24. The van der Waals surface area contributed by atoms with E-state index in [9.17, 15) is 5.11 Å². The smallest absolute Gasteiger partial charge is 0.126 e. The number of hydrogen-bond donors (Lipinski definition) is 1. The zero-order valence-corrected chi connectivity index (χ0v) is 17.8. The van der Waals surface area contributed by atoms with Gasteiger partial charge < -0.3 is 14.6 Å². The number of fused-ring (bicyclic) bond motifs is 1. The predicted octanol–water partition coefficient (Wildman–Crippen LogP) is 3.56. The minimum absolute atomic E-state index is 0.126. The van der Waals surface area contributed by atoms with Crippen molar-refractivity contribution in [3.8, 4) is 11.5 Å². The third-order valence-corrected chi connectivity index (χ3v) is 5.95. The third-order valence-electron chi connectivity index (χ3n) is 5.95. The molecule has 0 unspecified atom stereocenters. The Morgan fingerprint density at radius 3 is 2.77 bits per heavy atom. The first-order valence-electron chi connectivity index (χ1n) is 10.9. The molecule has 0 atom stereocenters. The van der Waals surface area contributed by atoms with Crippen LogP contribution in [0.1, 0.15) is 29.5 Å². The predicted molar refractivity (Wildman–Crippen MR) is 120 cm³/mol. The van der Waals surface area contributed by atoms with Crippen LogP contribution in [0.25, 0.3) is 6.08 Å². The molecule has 1 saturated heterocycles. The van der Waals surface area contributed by atoms with Gasteiger partial charge in [0.1, 0.15) is 18.1 Å². The molecule has 4 rings (SSSR count). The van der Waals surface area contributed by atoms with Gasteiger partial charge in [-0.05, 0) is 36.6 Å². The second kappa shape index (κ2) is 10.1. The van der Waals surface area contributed by atoms with E-state index >= 15 is 0 Å². The topological polar surface area (TPSA) is 45.2 Å². The van der Waals surface area contributed by atoms with Crippen LogP contribution in [0.15, 0.2) is 48.5 Å². The zero-order chi connectivity index (χ0) is 20.8. The number of benzene rings is 2. The van der Waals surface area contributed by atoms with E-state index in [0.717, 1.165) is 69.2 Å². The summed E-state index contributed by atoms with van der Waals surface area (Å²) in [4.78, 5) is 4.85. The number of aliphatic hydroxyl groups is 1. The lowest BCUT2D eigenvalue weighted by atomic mass is 10.1. The van der Waals surface area contributed by atoms with Gasteiger partial charge in [-0.25, -0.2) is 0 Å². The molecule has 0 aromatic heterocycles. The second-order valence-electron chi connectivity index (χ2n) is 8.18. The Balaban J connectivity index is 1.39. The lowest BCUT2D eigenvalue weighted by molar-refractivity contribution is 0.0792. The van der Waals surface area contributed by atoms with Gasteiger partial charge in [0, 0.05) is 50.4 Å². The number of methoxy groups -OCH3 is 1. The van der Waals surface area contributed by atoms with Crippen molar-refractivity contribution in [2.24, 2.45) is 0 Å². The molecule has 2 aromatic rings. The summed E-state index contributed by atoms with van der Waals surface area (Å²) in [5, 5.41) is 9.72. The summed E-state index contributed by atoms with van der Waals surface area (Å²) in [6.07, 6.45) is 5.96. The molecule has 2 heterocycles. The van der Waals surface area contributed by atoms with Crippen molar-refractivity contribution in [1.29, 1.82) is 0 Å². The fourth-order valence-electron chi connectivity index (χ4n) is 4.22. The van der Waals surface area contributed by atoms with E-state index in [-0.39, 0.29) is 6.10 Å². The molecule has 30 heavy (non-hydrogen) atoms. The Labute approximate surface area is 179 Å². The van der Waals surface area contributed by atoms with Crippen LogP contribution in [-0.4, -0.2) is 60.9 Å². The normalized spacial score (nSPS) is 18.7. The summed E-state index contributed by atoms with van der Waals surface area (Å²) in [5.41, 5.74) is 3.67. The van der Waals surface area contributed by atoms with Crippen LogP contribution in [0.5, 0.6) is 11.5 Å². The second-order valence-corrected chi connectivity index (χ2v) is 8.18. The van der Waals surface area contributed by atoms with Gasteiger partial charge in [-0.15, -0.1) is 0 Å². The first kappa shape index (κ1) is 20.9. The molecule has 0 amide bonds. The maximum Gasteiger partial charge on any atom is 0.126 e. The van der Waals surface area contributed by atoms with Crippen LogP contribution in [-0.2, 0) is 13.1 Å². The van der Waals surface area contributed by atoms with Crippen LogP contribution in [0.4, 0.5) is 0 Å². The lowest BCUT2D eigenvalue weighted by Gasteiger charge is -2.29. The average Bonchev–Trinajstić information content (AvgIpc) is 2.97. The lowest BCUT2D eigenvalue weighted by Crippen LogP contribution is -2.35. The largest absolute Gasteiger partial charge is 0.496 e. The molecule has 160 valence electrons. The number of rotatable bonds is 6. The van der Waals surface area contributed by atoms with E-state index in [1.807, 2.05) is 18.2 Å². The fourth-order valence-corrected chi connectivity index (χ4v) is 4.22. The summed E-state index contributed by atoms with van der Waals surface area (Å²) in [6, 6.07) is 14.7. The van der Waals surface area contributed by atoms with Crippen LogP contribution in [0.3, 0.4) is 0 Å². The number of para-hydroxylation sites is 1. The Morgan fingerprint density at radius 1 is 1.10 bits per heavy atom. The van der Waals surface area contributed by atoms with Crippen molar-refractivity contribution in [2.75, 3.05) is 39.9 Å². The van der Waals surface area contributed by atoms with Gasteiger partial charge in [0.05, 0.1) is 13.2 Å². The Morgan fingerprint density at radius 2 is 1.93 bits per heavy atom.